The second kappa shape index (κ2) is 8.54. The Morgan fingerprint density at radius 1 is 1.41 bits per heavy atom. The van der Waals surface area contributed by atoms with Gasteiger partial charge >= 0.3 is 5.97 Å². The van der Waals surface area contributed by atoms with Crippen molar-refractivity contribution >= 4 is 51.7 Å². The fourth-order valence-electron chi connectivity index (χ4n) is 4.56. The van der Waals surface area contributed by atoms with Gasteiger partial charge in [0.05, 0.1) is 0 Å². The largest absolute Gasteiger partial charge is 0.480 e. The molecule has 0 unspecified atom stereocenters. The zero-order valence-corrected chi connectivity index (χ0v) is 19.7. The SMILES string of the molecule is C[C@@H]1CCC[C@@H](O/N=C(\C(=O)N[C@H]2C(=O)N3[C@@H]2SC(C)(C)[C@@H]3C(=O)O)c2csc(N)n2)C1. The Balaban J connectivity index is 1.50. The van der Waals surface area contributed by atoms with E-state index in [1.165, 1.54) is 28.0 Å². The van der Waals surface area contributed by atoms with E-state index in [0.29, 0.717) is 5.92 Å². The Morgan fingerprint density at radius 2 is 2.16 bits per heavy atom. The van der Waals surface area contributed by atoms with Crippen LogP contribution in [0.3, 0.4) is 0 Å². The Labute approximate surface area is 193 Å². The first-order chi connectivity index (χ1) is 15.1. The second-order valence-electron chi connectivity index (χ2n) is 9.06. The van der Waals surface area contributed by atoms with Crippen LogP contribution >= 0.6 is 23.1 Å². The van der Waals surface area contributed by atoms with Gasteiger partial charge in [-0.15, -0.1) is 23.1 Å². The predicted octanol–water partition coefficient (Wildman–Crippen LogP) is 1.66. The zero-order chi connectivity index (χ0) is 23.2. The third-order valence-corrected chi connectivity index (χ3v) is 8.37. The molecule has 4 rings (SSSR count). The molecule has 12 heteroatoms. The number of β-lactam (4-membered cyclic amide) rings is 1. The van der Waals surface area contributed by atoms with E-state index in [1.54, 1.807) is 19.2 Å². The highest BCUT2D eigenvalue weighted by molar-refractivity contribution is 8.01. The van der Waals surface area contributed by atoms with Gasteiger partial charge in [-0.05, 0) is 39.0 Å². The third kappa shape index (κ3) is 4.17. The molecule has 3 fully saturated rings. The Kier molecular flexibility index (Phi) is 6.10. The van der Waals surface area contributed by atoms with Crippen molar-refractivity contribution in [2.24, 2.45) is 11.1 Å². The maximum absolute atomic E-state index is 13.1. The normalized spacial score (nSPS) is 31.6. The number of hydrogen-bond donors (Lipinski definition) is 3. The van der Waals surface area contributed by atoms with Crippen LogP contribution in [0.2, 0.25) is 0 Å². The summed E-state index contributed by atoms with van der Waals surface area (Å²) in [5, 5.41) is 17.8. The van der Waals surface area contributed by atoms with E-state index in [0.717, 1.165) is 25.7 Å². The van der Waals surface area contributed by atoms with Crippen molar-refractivity contribution < 1.29 is 24.3 Å². The molecule has 3 aliphatic rings. The van der Waals surface area contributed by atoms with Crippen LogP contribution in [0.15, 0.2) is 10.5 Å². The number of rotatable bonds is 6. The van der Waals surface area contributed by atoms with Crippen LogP contribution in [0.1, 0.15) is 52.1 Å². The van der Waals surface area contributed by atoms with E-state index in [4.69, 9.17) is 10.6 Å². The third-order valence-electron chi connectivity index (χ3n) is 6.12. The minimum absolute atomic E-state index is 0.0422. The Bertz CT molecular complexity index is 964. The van der Waals surface area contributed by atoms with Gasteiger partial charge in [-0.25, -0.2) is 9.78 Å². The lowest BCUT2D eigenvalue weighted by Gasteiger charge is -2.43. The van der Waals surface area contributed by atoms with Crippen molar-refractivity contribution in [2.75, 3.05) is 5.73 Å². The van der Waals surface area contributed by atoms with E-state index >= 15 is 0 Å². The number of nitrogens with two attached hydrogens (primary N) is 1. The smallest absolute Gasteiger partial charge is 0.327 e. The number of nitrogens with one attached hydrogen (secondary N) is 1. The summed E-state index contributed by atoms with van der Waals surface area (Å²) in [6.07, 6.45) is 3.83. The number of amides is 2. The number of hydrogen-bond acceptors (Lipinski definition) is 9. The molecule has 2 amide bonds. The summed E-state index contributed by atoms with van der Waals surface area (Å²) in [6.45, 7) is 5.73. The number of carbonyl (C=O) groups is 3. The first kappa shape index (κ1) is 22.8. The fourth-order valence-corrected chi connectivity index (χ4v) is 6.73. The molecule has 2 saturated heterocycles. The molecular formula is C20H27N5O5S2. The molecule has 0 aromatic carbocycles. The summed E-state index contributed by atoms with van der Waals surface area (Å²) in [6, 6.07) is -1.78. The molecular weight excluding hydrogens is 454 g/mol. The van der Waals surface area contributed by atoms with E-state index < -0.39 is 40.0 Å². The van der Waals surface area contributed by atoms with Gasteiger partial charge in [0, 0.05) is 10.1 Å². The van der Waals surface area contributed by atoms with Crippen molar-refractivity contribution in [1.82, 2.24) is 15.2 Å². The van der Waals surface area contributed by atoms with E-state index in [2.05, 4.69) is 22.4 Å². The van der Waals surface area contributed by atoms with Crippen molar-refractivity contribution in [2.45, 2.75) is 74.8 Å². The topological polar surface area (TPSA) is 147 Å². The van der Waals surface area contributed by atoms with Gasteiger partial charge in [0.15, 0.2) is 10.8 Å². The number of nitrogen functional groups attached to an aromatic ring is 1. The number of carboxylic acids is 1. The van der Waals surface area contributed by atoms with Gasteiger partial charge in [-0.1, -0.05) is 18.5 Å². The first-order valence-corrected chi connectivity index (χ1v) is 12.3. The van der Waals surface area contributed by atoms with Crippen LogP contribution in [0, 0.1) is 5.92 Å². The van der Waals surface area contributed by atoms with Crippen LogP contribution in [0.5, 0.6) is 0 Å². The van der Waals surface area contributed by atoms with Crippen LogP contribution in [-0.4, -0.2) is 66.8 Å². The number of carbonyl (C=O) groups excluding carboxylic acids is 2. The monoisotopic (exact) mass is 481 g/mol. The van der Waals surface area contributed by atoms with Crippen molar-refractivity contribution in [3.8, 4) is 0 Å². The molecule has 0 spiro atoms. The summed E-state index contributed by atoms with van der Waals surface area (Å²) in [5.74, 6) is -1.56. The lowest BCUT2D eigenvalue weighted by Crippen LogP contribution is -2.71. The van der Waals surface area contributed by atoms with Crippen LogP contribution in [-0.2, 0) is 19.2 Å². The summed E-state index contributed by atoms with van der Waals surface area (Å²) in [4.78, 5) is 48.7. The minimum Gasteiger partial charge on any atom is -0.480 e. The maximum Gasteiger partial charge on any atom is 0.327 e. The molecule has 4 N–H and O–H groups in total. The van der Waals surface area contributed by atoms with Gasteiger partial charge in [-0.2, -0.15) is 0 Å². The molecule has 32 heavy (non-hydrogen) atoms. The van der Waals surface area contributed by atoms with Crippen LogP contribution < -0.4 is 11.1 Å². The lowest BCUT2D eigenvalue weighted by molar-refractivity contribution is -0.160. The number of aliphatic carboxylic acids is 1. The minimum atomic E-state index is -1.06. The standard InChI is InChI=1S/C20H27N5O5S2/c1-9-5-4-6-10(7-9)30-24-12(11-8-31-19(21)22-11)15(26)23-13-16(27)25-14(18(28)29)20(2,3)32-17(13)25/h8-10,13-14,17H,4-7H2,1-3H3,(H2,21,22)(H,23,26)(H,28,29)/b24-12-/t9-,10-,13+,14+,17-/m1/s1. The molecule has 1 aromatic heterocycles. The molecule has 0 bridgehead atoms. The molecule has 3 heterocycles. The van der Waals surface area contributed by atoms with Crippen molar-refractivity contribution in [3.05, 3.63) is 11.1 Å². The average Bonchev–Trinajstić information content (AvgIpc) is 3.25. The first-order valence-electron chi connectivity index (χ1n) is 10.6. The highest BCUT2D eigenvalue weighted by Crippen LogP contribution is 2.50. The summed E-state index contributed by atoms with van der Waals surface area (Å²) in [7, 11) is 0. The molecule has 174 valence electrons. The van der Waals surface area contributed by atoms with Gasteiger partial charge in [-0.3, -0.25) is 9.59 Å². The summed E-state index contributed by atoms with van der Waals surface area (Å²) < 4.78 is -0.674. The molecule has 2 aliphatic heterocycles. The summed E-state index contributed by atoms with van der Waals surface area (Å²) >= 11 is 2.54. The Morgan fingerprint density at radius 3 is 2.78 bits per heavy atom. The predicted molar refractivity (Wildman–Crippen MR) is 121 cm³/mol. The van der Waals surface area contributed by atoms with E-state index in [9.17, 15) is 19.5 Å². The van der Waals surface area contributed by atoms with E-state index in [1.807, 2.05) is 0 Å². The molecule has 0 radical (unpaired) electrons. The molecule has 5 atom stereocenters. The highest BCUT2D eigenvalue weighted by atomic mass is 32.2. The average molecular weight is 482 g/mol. The maximum atomic E-state index is 13.1. The van der Waals surface area contributed by atoms with Gasteiger partial charge in [0.2, 0.25) is 5.91 Å². The van der Waals surface area contributed by atoms with Crippen LogP contribution in [0.25, 0.3) is 0 Å². The van der Waals surface area contributed by atoms with Crippen molar-refractivity contribution in [3.63, 3.8) is 0 Å². The van der Waals surface area contributed by atoms with Crippen LogP contribution in [0.4, 0.5) is 5.13 Å². The second-order valence-corrected chi connectivity index (χ2v) is 11.7. The zero-order valence-electron chi connectivity index (χ0n) is 18.1. The molecule has 1 aromatic rings. The fraction of sp³-hybridized carbons (Fsp3) is 0.650. The number of carboxylic acid groups (broad SMARTS) is 1. The van der Waals surface area contributed by atoms with Crippen molar-refractivity contribution in [1.29, 1.82) is 0 Å². The lowest BCUT2D eigenvalue weighted by atomic mass is 9.89. The number of oxime groups is 1. The quantitative estimate of drug-likeness (QED) is 0.316. The number of anilines is 1. The number of aromatic nitrogens is 1. The number of thioether (sulfide) groups is 1. The number of nitrogens with zero attached hydrogens (tertiary/aromatic N) is 3. The Hall–Kier alpha value is -2.34. The van der Waals surface area contributed by atoms with Gasteiger partial charge in [0.25, 0.3) is 5.91 Å². The van der Waals surface area contributed by atoms with Gasteiger partial charge < -0.3 is 25.9 Å². The van der Waals surface area contributed by atoms with Gasteiger partial charge in [0.1, 0.15) is 29.3 Å². The molecule has 1 saturated carbocycles. The summed E-state index contributed by atoms with van der Waals surface area (Å²) in [5.41, 5.74) is 5.97. The molecule has 1 aliphatic carbocycles. The number of thiazole rings is 1. The molecule has 10 nitrogen and oxygen atoms in total. The number of fused-ring (bicyclic) bond motifs is 1. The van der Waals surface area contributed by atoms with E-state index in [-0.39, 0.29) is 22.6 Å². The highest BCUT2D eigenvalue weighted by Gasteiger charge is 2.64.